The van der Waals surface area contributed by atoms with Crippen molar-refractivity contribution in [1.82, 2.24) is 9.29 Å². The van der Waals surface area contributed by atoms with Crippen LogP contribution in [0.5, 0.6) is 0 Å². The predicted octanol–water partition coefficient (Wildman–Crippen LogP) is 2.42. The summed E-state index contributed by atoms with van der Waals surface area (Å²) < 4.78 is 32.1. The van der Waals surface area contributed by atoms with E-state index in [2.05, 4.69) is 15.6 Å². The highest BCUT2D eigenvalue weighted by atomic mass is 32.2. The van der Waals surface area contributed by atoms with Crippen LogP contribution in [0.25, 0.3) is 0 Å². The molecule has 0 fully saturated rings. The Morgan fingerprint density at radius 1 is 1.25 bits per heavy atom. The number of fused-ring (bicyclic) bond motifs is 1. The molecule has 0 unspecified atom stereocenters. The van der Waals surface area contributed by atoms with E-state index in [0.29, 0.717) is 23.8 Å². The van der Waals surface area contributed by atoms with Gasteiger partial charge in [-0.15, -0.1) is 0 Å². The first-order valence-electron chi connectivity index (χ1n) is 8.59. The van der Waals surface area contributed by atoms with Gasteiger partial charge in [0.2, 0.25) is 15.9 Å². The van der Waals surface area contributed by atoms with Crippen LogP contribution in [0.1, 0.15) is 24.4 Å². The summed E-state index contributed by atoms with van der Waals surface area (Å²) in [4.78, 5) is 27.9. The minimum absolute atomic E-state index is 0.152. The number of carbonyl (C=O) groups is 2. The van der Waals surface area contributed by atoms with Crippen LogP contribution in [0.15, 0.2) is 29.2 Å². The first-order chi connectivity index (χ1) is 13.3. The van der Waals surface area contributed by atoms with Crippen molar-refractivity contribution >= 4 is 44.2 Å². The third-order valence-electron chi connectivity index (χ3n) is 3.99. The van der Waals surface area contributed by atoms with E-state index in [0.717, 1.165) is 10.6 Å². The van der Waals surface area contributed by atoms with Gasteiger partial charge >= 0.3 is 6.09 Å². The van der Waals surface area contributed by atoms with Gasteiger partial charge in [-0.3, -0.25) is 10.1 Å². The van der Waals surface area contributed by atoms with Crippen molar-refractivity contribution in [2.75, 3.05) is 23.8 Å². The summed E-state index contributed by atoms with van der Waals surface area (Å²) in [6.07, 6.45) is -0.128. The van der Waals surface area contributed by atoms with Gasteiger partial charge in [0.1, 0.15) is 0 Å². The third-order valence-corrected chi connectivity index (χ3v) is 6.85. The summed E-state index contributed by atoms with van der Waals surface area (Å²) in [5.74, 6) is -0.225. The number of hydrogen-bond acceptors (Lipinski definition) is 7. The lowest BCUT2D eigenvalue weighted by Gasteiger charge is -2.25. The van der Waals surface area contributed by atoms with Crippen molar-refractivity contribution in [2.24, 2.45) is 0 Å². The topological polar surface area (TPSA) is 118 Å². The van der Waals surface area contributed by atoms with Crippen LogP contribution in [0.2, 0.25) is 0 Å². The minimum atomic E-state index is -3.68. The van der Waals surface area contributed by atoms with Gasteiger partial charge in [0.05, 0.1) is 23.7 Å². The Kier molecular flexibility index (Phi) is 5.96. The smallest absolute Gasteiger partial charge is 0.413 e. The van der Waals surface area contributed by atoms with Crippen LogP contribution in [0.4, 0.5) is 15.6 Å². The molecule has 0 atom stereocenters. The average molecular weight is 425 g/mol. The van der Waals surface area contributed by atoms with Gasteiger partial charge in [-0.25, -0.2) is 18.2 Å². The van der Waals surface area contributed by atoms with E-state index in [-0.39, 0.29) is 24.0 Å². The number of aromatic nitrogens is 1. The highest BCUT2D eigenvalue weighted by Crippen LogP contribution is 2.31. The van der Waals surface area contributed by atoms with E-state index in [1.807, 2.05) is 0 Å². The largest absolute Gasteiger partial charge is 0.450 e. The Morgan fingerprint density at radius 2 is 1.96 bits per heavy atom. The molecule has 0 bridgehead atoms. The molecule has 2 heterocycles. The molecule has 0 saturated heterocycles. The molecule has 2 amide bonds. The zero-order valence-corrected chi connectivity index (χ0v) is 17.0. The van der Waals surface area contributed by atoms with Crippen LogP contribution >= 0.6 is 11.3 Å². The Hall–Kier alpha value is -2.50. The summed E-state index contributed by atoms with van der Waals surface area (Å²) in [5, 5.41) is 5.55. The molecular weight excluding hydrogens is 404 g/mol. The molecule has 0 saturated carbocycles. The fraction of sp³-hybridized carbons (Fsp3) is 0.353. The number of benzene rings is 1. The zero-order valence-electron chi connectivity index (χ0n) is 15.4. The summed E-state index contributed by atoms with van der Waals surface area (Å²) in [6, 6.07) is 6.04. The van der Waals surface area contributed by atoms with E-state index in [1.165, 1.54) is 34.7 Å². The lowest BCUT2D eigenvalue weighted by Crippen LogP contribution is -2.35. The quantitative estimate of drug-likeness (QED) is 0.761. The highest BCUT2D eigenvalue weighted by molar-refractivity contribution is 7.89. The lowest BCUT2D eigenvalue weighted by molar-refractivity contribution is -0.114. The molecule has 150 valence electrons. The summed E-state index contributed by atoms with van der Waals surface area (Å²) in [6.45, 7) is 3.83. The van der Waals surface area contributed by atoms with Crippen LogP contribution < -0.4 is 10.6 Å². The number of hydrogen-bond donors (Lipinski definition) is 2. The molecule has 28 heavy (non-hydrogen) atoms. The number of amides is 2. The van der Waals surface area contributed by atoms with Crippen molar-refractivity contribution in [1.29, 1.82) is 0 Å². The number of nitrogens with one attached hydrogen (secondary N) is 2. The molecule has 1 aromatic carbocycles. The fourth-order valence-corrected chi connectivity index (χ4v) is 5.25. The minimum Gasteiger partial charge on any atom is -0.450 e. The van der Waals surface area contributed by atoms with Crippen molar-refractivity contribution in [3.8, 4) is 0 Å². The van der Waals surface area contributed by atoms with Gasteiger partial charge in [-0.2, -0.15) is 4.31 Å². The van der Waals surface area contributed by atoms with Gasteiger partial charge in [0, 0.05) is 30.5 Å². The van der Waals surface area contributed by atoms with Crippen LogP contribution in [-0.4, -0.2) is 42.9 Å². The van der Waals surface area contributed by atoms with E-state index in [4.69, 9.17) is 4.74 Å². The molecule has 2 N–H and O–H groups in total. The summed E-state index contributed by atoms with van der Waals surface area (Å²) in [7, 11) is -3.68. The zero-order chi connectivity index (χ0) is 20.3. The average Bonchev–Trinajstić information content (AvgIpc) is 3.03. The van der Waals surface area contributed by atoms with E-state index in [9.17, 15) is 18.0 Å². The molecule has 1 aromatic heterocycles. The highest BCUT2D eigenvalue weighted by Gasteiger charge is 2.30. The normalized spacial score (nSPS) is 14.2. The van der Waals surface area contributed by atoms with Crippen LogP contribution in [-0.2, 0) is 32.5 Å². The Morgan fingerprint density at radius 3 is 2.61 bits per heavy atom. The monoisotopic (exact) mass is 424 g/mol. The molecule has 11 heteroatoms. The van der Waals surface area contributed by atoms with Gasteiger partial charge < -0.3 is 10.1 Å². The van der Waals surface area contributed by atoms with Gasteiger partial charge in [-0.1, -0.05) is 11.3 Å². The van der Waals surface area contributed by atoms with Crippen molar-refractivity contribution in [3.63, 3.8) is 0 Å². The molecule has 1 aliphatic rings. The predicted molar refractivity (Wildman–Crippen MR) is 105 cm³/mol. The maximum atomic E-state index is 12.9. The first kappa shape index (κ1) is 20.2. The van der Waals surface area contributed by atoms with Gasteiger partial charge in [0.25, 0.3) is 0 Å². The maximum Gasteiger partial charge on any atom is 0.413 e. The van der Waals surface area contributed by atoms with E-state index >= 15 is 0 Å². The van der Waals surface area contributed by atoms with Gasteiger partial charge in [0.15, 0.2) is 5.13 Å². The third kappa shape index (κ3) is 4.49. The number of carbonyl (C=O) groups excluding carboxylic acids is 2. The number of anilines is 2. The second kappa shape index (κ2) is 8.25. The Balaban J connectivity index is 1.74. The molecule has 1 aliphatic heterocycles. The standard InChI is InChI=1S/C17H20N4O5S2/c1-3-26-17(23)20-16-19-14-8-9-21(10-15(14)27-16)28(24,25)13-6-4-12(5-7-13)18-11(2)22/h4-7H,3,8-10H2,1-2H3,(H,18,22)(H,19,20,23). The lowest BCUT2D eigenvalue weighted by atomic mass is 10.2. The molecule has 0 aliphatic carbocycles. The first-order valence-corrected chi connectivity index (χ1v) is 10.9. The van der Waals surface area contributed by atoms with Crippen molar-refractivity contribution in [2.45, 2.75) is 31.7 Å². The summed E-state index contributed by atoms with van der Waals surface area (Å²) in [5.41, 5.74) is 1.31. The second-order valence-electron chi connectivity index (χ2n) is 6.03. The Bertz CT molecular complexity index is 985. The van der Waals surface area contributed by atoms with E-state index in [1.54, 1.807) is 19.1 Å². The second-order valence-corrected chi connectivity index (χ2v) is 9.05. The van der Waals surface area contributed by atoms with E-state index < -0.39 is 16.1 Å². The molecule has 9 nitrogen and oxygen atoms in total. The molecular formula is C17H20N4O5S2. The summed E-state index contributed by atoms with van der Waals surface area (Å²) >= 11 is 1.24. The van der Waals surface area contributed by atoms with Crippen molar-refractivity contribution < 1.29 is 22.7 Å². The maximum absolute atomic E-state index is 12.9. The molecule has 2 aromatic rings. The number of ether oxygens (including phenoxy) is 1. The number of thiazole rings is 1. The van der Waals surface area contributed by atoms with Crippen molar-refractivity contribution in [3.05, 3.63) is 34.8 Å². The molecule has 0 spiro atoms. The number of sulfonamides is 1. The number of rotatable bonds is 5. The van der Waals surface area contributed by atoms with Gasteiger partial charge in [-0.05, 0) is 31.2 Å². The molecule has 3 rings (SSSR count). The van der Waals surface area contributed by atoms with Crippen LogP contribution in [0.3, 0.4) is 0 Å². The number of nitrogens with zero attached hydrogens (tertiary/aromatic N) is 2. The van der Waals surface area contributed by atoms with Crippen LogP contribution in [0, 0.1) is 0 Å². The fourth-order valence-electron chi connectivity index (χ4n) is 2.75. The molecule has 0 radical (unpaired) electrons. The SMILES string of the molecule is CCOC(=O)Nc1nc2c(s1)CN(S(=O)(=O)c1ccc(NC(C)=O)cc1)CC2. The Labute approximate surface area is 166 Å².